The van der Waals surface area contributed by atoms with E-state index in [1.807, 2.05) is 6.92 Å². The van der Waals surface area contributed by atoms with Gasteiger partial charge in [-0.15, -0.1) is 0 Å². The van der Waals surface area contributed by atoms with Crippen LogP contribution in [0.5, 0.6) is 0 Å². The Labute approximate surface area is 205 Å². The molecule has 35 heavy (non-hydrogen) atoms. The van der Waals surface area contributed by atoms with Gasteiger partial charge in [-0.3, -0.25) is 4.79 Å². The van der Waals surface area contributed by atoms with E-state index < -0.39 is 71.7 Å². The quantitative estimate of drug-likeness (QED) is 0.238. The van der Waals surface area contributed by atoms with E-state index in [-0.39, 0.29) is 17.8 Å². The first-order chi connectivity index (χ1) is 16.4. The van der Waals surface area contributed by atoms with Gasteiger partial charge in [-0.1, -0.05) is 19.9 Å². The molecule has 4 aliphatic carbocycles. The van der Waals surface area contributed by atoms with Crippen molar-refractivity contribution in [2.24, 2.45) is 34.0 Å². The minimum Gasteiger partial charge on any atom is -0.432 e. The lowest BCUT2D eigenvalue weighted by Crippen LogP contribution is -2.64. The van der Waals surface area contributed by atoms with Crippen molar-refractivity contribution in [2.45, 2.75) is 102 Å². The monoisotopic (exact) mass is 496 g/mol. The molecular formula is C26H40O9. The van der Waals surface area contributed by atoms with Gasteiger partial charge in [0.25, 0.3) is 0 Å². The van der Waals surface area contributed by atoms with E-state index in [0.29, 0.717) is 25.7 Å². The molecule has 5 fully saturated rings. The summed E-state index contributed by atoms with van der Waals surface area (Å²) >= 11 is 0. The fourth-order valence-corrected chi connectivity index (χ4v) is 9.12. The van der Waals surface area contributed by atoms with Gasteiger partial charge < -0.3 is 40.1 Å². The van der Waals surface area contributed by atoms with Crippen LogP contribution in [0.4, 0.5) is 0 Å². The van der Waals surface area contributed by atoms with Crippen LogP contribution in [0.3, 0.4) is 0 Å². The Morgan fingerprint density at radius 3 is 2.49 bits per heavy atom. The summed E-state index contributed by atoms with van der Waals surface area (Å²) in [5.41, 5.74) is -0.932. The van der Waals surface area contributed by atoms with E-state index in [1.54, 1.807) is 0 Å². The van der Waals surface area contributed by atoms with Crippen molar-refractivity contribution >= 4 is 5.97 Å². The van der Waals surface area contributed by atoms with Crippen molar-refractivity contribution in [1.29, 1.82) is 0 Å². The van der Waals surface area contributed by atoms with E-state index >= 15 is 0 Å². The number of fused-ring (bicyclic) bond motifs is 3. The molecule has 0 radical (unpaired) electrons. The van der Waals surface area contributed by atoms with Crippen molar-refractivity contribution in [3.05, 3.63) is 12.2 Å². The zero-order valence-corrected chi connectivity index (χ0v) is 20.5. The molecule has 0 aromatic carbocycles. The zero-order chi connectivity index (χ0) is 25.5. The van der Waals surface area contributed by atoms with Crippen LogP contribution in [-0.4, -0.2) is 86.1 Å². The van der Waals surface area contributed by atoms with Crippen LogP contribution < -0.4 is 0 Å². The van der Waals surface area contributed by atoms with Crippen LogP contribution >= 0.6 is 0 Å². The fraction of sp³-hybridized carbons (Fsp3) is 0.885. The molecule has 13 atom stereocenters. The summed E-state index contributed by atoms with van der Waals surface area (Å²) in [7, 11) is 0. The number of carbonyl (C=O) groups excluding carboxylic acids is 1. The second-order valence-electron chi connectivity index (χ2n) is 12.4. The van der Waals surface area contributed by atoms with Gasteiger partial charge in [0.2, 0.25) is 6.29 Å². The predicted octanol–water partition coefficient (Wildman–Crippen LogP) is 0.240. The SMILES string of the molecule is C=C1[C@@H]2C[C@H](O)[C@H]3[C@]4(C)CCC[C@@](C)(C(=O)O[C@@H]5O[C@H](CO)[C@@H](O)[C@@H](O)[C@H]5O)[C@H]4CC[C@]3(C2)[C@@H]1O. The van der Waals surface area contributed by atoms with Gasteiger partial charge in [-0.25, -0.2) is 0 Å². The van der Waals surface area contributed by atoms with Gasteiger partial charge in [-0.05, 0) is 74.2 Å². The molecule has 5 aliphatic rings. The van der Waals surface area contributed by atoms with Crippen LogP contribution in [-0.2, 0) is 14.3 Å². The van der Waals surface area contributed by atoms with E-state index in [4.69, 9.17) is 9.47 Å². The first-order valence-corrected chi connectivity index (χ1v) is 13.0. The Bertz CT molecular complexity index is 877. The molecule has 1 heterocycles. The van der Waals surface area contributed by atoms with Crippen LogP contribution in [0.2, 0.25) is 0 Å². The Hall–Kier alpha value is -1.07. The minimum absolute atomic E-state index is 0.121. The van der Waals surface area contributed by atoms with Gasteiger partial charge in [0, 0.05) is 5.41 Å². The van der Waals surface area contributed by atoms with Gasteiger partial charge in [0.15, 0.2) is 0 Å². The lowest BCUT2D eigenvalue weighted by molar-refractivity contribution is -0.298. The highest BCUT2D eigenvalue weighted by Crippen LogP contribution is 2.72. The summed E-state index contributed by atoms with van der Waals surface area (Å²) in [6.45, 7) is 7.55. The molecule has 4 saturated carbocycles. The second-order valence-corrected chi connectivity index (χ2v) is 12.4. The smallest absolute Gasteiger partial charge is 0.314 e. The Balaban J connectivity index is 1.42. The van der Waals surface area contributed by atoms with Crippen molar-refractivity contribution in [3.63, 3.8) is 0 Å². The van der Waals surface area contributed by atoms with Crippen molar-refractivity contribution < 1.29 is 44.9 Å². The number of rotatable bonds is 3. The third-order valence-electron chi connectivity index (χ3n) is 10.7. The van der Waals surface area contributed by atoms with Gasteiger partial charge in [0.05, 0.1) is 24.2 Å². The summed E-state index contributed by atoms with van der Waals surface area (Å²) in [4.78, 5) is 13.7. The Morgan fingerprint density at radius 2 is 1.80 bits per heavy atom. The first kappa shape index (κ1) is 25.6. The maximum Gasteiger partial charge on any atom is 0.314 e. The Kier molecular flexibility index (Phi) is 6.19. The second kappa shape index (κ2) is 8.48. The lowest BCUT2D eigenvalue weighted by Gasteiger charge is -2.64. The lowest BCUT2D eigenvalue weighted by atomic mass is 9.40. The minimum atomic E-state index is -1.65. The summed E-state index contributed by atoms with van der Waals surface area (Å²) in [6, 6.07) is 0. The van der Waals surface area contributed by atoms with Crippen molar-refractivity contribution in [1.82, 2.24) is 0 Å². The summed E-state index contributed by atoms with van der Waals surface area (Å²) < 4.78 is 11.1. The number of esters is 1. The molecule has 0 amide bonds. The molecule has 198 valence electrons. The highest BCUT2D eigenvalue weighted by atomic mass is 16.7. The standard InChI is InChI=1S/C26H40O9/c1-12-13-9-14(28)20-24(2)6-4-7-25(3,16(24)5-8-26(20,10-13)21(12)32)23(33)35-22-19(31)18(30)17(29)15(11-27)34-22/h13-22,27-32H,1,4-11H2,2-3H3/t13-,14+,15-,16+,17-,18-,19-,20+,21-,22+,24-,25-,26-/m1/s1. The Morgan fingerprint density at radius 1 is 1.09 bits per heavy atom. The molecule has 0 aromatic heterocycles. The highest BCUT2D eigenvalue weighted by Gasteiger charge is 2.70. The molecule has 5 rings (SSSR count). The number of aliphatic hydroxyl groups is 6. The van der Waals surface area contributed by atoms with Crippen LogP contribution in [0.25, 0.3) is 0 Å². The first-order valence-electron chi connectivity index (χ1n) is 13.0. The topological polar surface area (TPSA) is 157 Å². The van der Waals surface area contributed by atoms with Gasteiger partial charge in [0.1, 0.15) is 24.4 Å². The highest BCUT2D eigenvalue weighted by molar-refractivity contribution is 5.77. The van der Waals surface area contributed by atoms with Crippen LogP contribution in [0.1, 0.15) is 58.8 Å². The maximum absolute atomic E-state index is 13.7. The number of hydrogen-bond donors (Lipinski definition) is 6. The zero-order valence-electron chi connectivity index (χ0n) is 20.5. The summed E-state index contributed by atoms with van der Waals surface area (Å²) in [6.07, 6.45) is -3.80. The molecule has 9 heteroatoms. The van der Waals surface area contributed by atoms with Gasteiger partial charge in [-0.2, -0.15) is 0 Å². The molecule has 9 nitrogen and oxygen atoms in total. The maximum atomic E-state index is 13.7. The van der Waals surface area contributed by atoms with E-state index in [0.717, 1.165) is 24.8 Å². The third-order valence-corrected chi connectivity index (χ3v) is 10.7. The molecule has 0 aromatic rings. The average molecular weight is 497 g/mol. The molecular weight excluding hydrogens is 456 g/mol. The molecule has 1 saturated heterocycles. The van der Waals surface area contributed by atoms with E-state index in [9.17, 15) is 35.4 Å². The third kappa shape index (κ3) is 3.42. The molecule has 1 aliphatic heterocycles. The summed E-state index contributed by atoms with van der Waals surface area (Å²) in [5.74, 6) is -0.723. The largest absolute Gasteiger partial charge is 0.432 e. The van der Waals surface area contributed by atoms with E-state index in [2.05, 4.69) is 13.5 Å². The van der Waals surface area contributed by atoms with Crippen molar-refractivity contribution in [2.75, 3.05) is 6.61 Å². The average Bonchev–Trinajstić information content (AvgIpc) is 2.99. The van der Waals surface area contributed by atoms with Crippen LogP contribution in [0, 0.1) is 34.0 Å². The number of carbonyl (C=O) groups is 1. The van der Waals surface area contributed by atoms with Crippen molar-refractivity contribution in [3.8, 4) is 0 Å². The number of hydrogen-bond acceptors (Lipinski definition) is 9. The normalized spacial score (nSPS) is 55.7. The fourth-order valence-electron chi connectivity index (χ4n) is 9.12. The molecule has 0 unspecified atom stereocenters. The summed E-state index contributed by atoms with van der Waals surface area (Å²) in [5, 5.41) is 62.6. The van der Waals surface area contributed by atoms with Crippen LogP contribution in [0.15, 0.2) is 12.2 Å². The van der Waals surface area contributed by atoms with E-state index in [1.165, 1.54) is 0 Å². The van der Waals surface area contributed by atoms with Gasteiger partial charge >= 0.3 is 5.97 Å². The number of ether oxygens (including phenoxy) is 2. The molecule has 6 N–H and O–H groups in total. The molecule has 2 bridgehead atoms. The predicted molar refractivity (Wildman–Crippen MR) is 122 cm³/mol. The molecule has 1 spiro atoms. The number of aliphatic hydroxyl groups excluding tert-OH is 6.